The number of carboxylic acids is 2. The molecule has 0 saturated heterocycles. The van der Waals surface area contributed by atoms with Crippen molar-refractivity contribution in [2.24, 2.45) is 0 Å². The SMILES string of the molecule is CC/C=C(\O/C(=C\CC)C(=O)O)C(=O)O. The summed E-state index contributed by atoms with van der Waals surface area (Å²) in [4.78, 5) is 21.3. The Morgan fingerprint density at radius 1 is 1.00 bits per heavy atom. The van der Waals surface area contributed by atoms with E-state index in [2.05, 4.69) is 0 Å². The molecule has 84 valence electrons. The highest BCUT2D eigenvalue weighted by molar-refractivity contribution is 5.88. The van der Waals surface area contributed by atoms with Gasteiger partial charge in [0.25, 0.3) is 0 Å². The van der Waals surface area contributed by atoms with E-state index >= 15 is 0 Å². The molecule has 2 N–H and O–H groups in total. The molecule has 5 nitrogen and oxygen atoms in total. The van der Waals surface area contributed by atoms with Crippen LogP contribution in [0.15, 0.2) is 23.7 Å². The lowest BCUT2D eigenvalue weighted by molar-refractivity contribution is -0.139. The molecule has 0 saturated carbocycles. The molecule has 0 radical (unpaired) electrons. The second kappa shape index (κ2) is 6.64. The number of carboxylic acid groups (broad SMARTS) is 2. The molecule has 0 atom stereocenters. The van der Waals surface area contributed by atoms with E-state index in [4.69, 9.17) is 14.9 Å². The fourth-order valence-corrected chi connectivity index (χ4v) is 0.835. The lowest BCUT2D eigenvalue weighted by Crippen LogP contribution is -2.10. The van der Waals surface area contributed by atoms with Gasteiger partial charge in [0.2, 0.25) is 11.5 Å². The van der Waals surface area contributed by atoms with Crippen LogP contribution in [-0.2, 0) is 14.3 Å². The number of allylic oxidation sites excluding steroid dienone is 2. The minimum Gasteiger partial charge on any atom is -0.475 e. The standard InChI is InChI=1S/C10H14O5/c1-3-5-7(9(11)12)15-8(6-4-2)10(13)14/h5-6H,3-4H2,1-2H3,(H,11,12)(H,13,14)/b7-5-,8-6-. The van der Waals surface area contributed by atoms with Crippen molar-refractivity contribution >= 4 is 11.9 Å². The van der Waals surface area contributed by atoms with Crippen LogP contribution in [0, 0.1) is 0 Å². The first-order valence-corrected chi connectivity index (χ1v) is 4.57. The Kier molecular flexibility index (Phi) is 5.85. The van der Waals surface area contributed by atoms with Crippen molar-refractivity contribution in [2.45, 2.75) is 26.7 Å². The van der Waals surface area contributed by atoms with Crippen molar-refractivity contribution in [1.29, 1.82) is 0 Å². The van der Waals surface area contributed by atoms with Crippen molar-refractivity contribution < 1.29 is 24.5 Å². The van der Waals surface area contributed by atoms with Gasteiger partial charge >= 0.3 is 11.9 Å². The molecule has 0 aromatic rings. The Bertz CT molecular complexity index is 271. The zero-order chi connectivity index (χ0) is 11.8. The molecule has 0 aromatic carbocycles. The molecular formula is C10H14O5. The highest BCUT2D eigenvalue weighted by Crippen LogP contribution is 2.09. The molecule has 0 heterocycles. The van der Waals surface area contributed by atoms with Gasteiger partial charge in [0.1, 0.15) is 0 Å². The molecule has 0 aromatic heterocycles. The van der Waals surface area contributed by atoms with E-state index in [0.29, 0.717) is 12.8 Å². The summed E-state index contributed by atoms with van der Waals surface area (Å²) in [6.45, 7) is 3.46. The first-order valence-electron chi connectivity index (χ1n) is 4.57. The van der Waals surface area contributed by atoms with Crippen LogP contribution in [0.1, 0.15) is 26.7 Å². The number of carbonyl (C=O) groups is 2. The van der Waals surface area contributed by atoms with E-state index in [9.17, 15) is 9.59 Å². The Labute approximate surface area is 87.7 Å². The average molecular weight is 214 g/mol. The van der Waals surface area contributed by atoms with Crippen LogP contribution in [0.4, 0.5) is 0 Å². The van der Waals surface area contributed by atoms with Gasteiger partial charge < -0.3 is 14.9 Å². The Morgan fingerprint density at radius 3 is 1.53 bits per heavy atom. The van der Waals surface area contributed by atoms with Gasteiger partial charge in [-0.05, 0) is 25.0 Å². The van der Waals surface area contributed by atoms with Crippen LogP contribution in [0.5, 0.6) is 0 Å². The normalized spacial score (nSPS) is 12.4. The monoisotopic (exact) mass is 214 g/mol. The molecule has 0 aliphatic heterocycles. The zero-order valence-corrected chi connectivity index (χ0v) is 8.69. The van der Waals surface area contributed by atoms with Crippen molar-refractivity contribution in [3.63, 3.8) is 0 Å². The van der Waals surface area contributed by atoms with Gasteiger partial charge in [-0.1, -0.05) is 13.8 Å². The quantitative estimate of drug-likeness (QED) is 0.520. The third-order valence-electron chi connectivity index (χ3n) is 1.42. The molecule has 5 heteroatoms. The van der Waals surface area contributed by atoms with E-state index in [-0.39, 0.29) is 11.5 Å². The molecular weight excluding hydrogens is 200 g/mol. The fraction of sp³-hybridized carbons (Fsp3) is 0.400. The van der Waals surface area contributed by atoms with E-state index in [0.717, 1.165) is 0 Å². The topological polar surface area (TPSA) is 83.8 Å². The first-order chi connectivity index (χ1) is 7.02. The molecule has 0 rings (SSSR count). The summed E-state index contributed by atoms with van der Waals surface area (Å²) < 4.78 is 4.78. The molecule has 0 unspecified atom stereocenters. The summed E-state index contributed by atoms with van der Waals surface area (Å²) in [5.41, 5.74) is 0. The van der Waals surface area contributed by atoms with Crippen molar-refractivity contribution in [2.75, 3.05) is 0 Å². The van der Waals surface area contributed by atoms with Crippen LogP contribution in [0.25, 0.3) is 0 Å². The molecule has 0 aliphatic carbocycles. The summed E-state index contributed by atoms with van der Waals surface area (Å²) in [6.07, 6.45) is 3.55. The molecule has 15 heavy (non-hydrogen) atoms. The fourth-order valence-electron chi connectivity index (χ4n) is 0.835. The number of ether oxygens (including phenoxy) is 1. The predicted molar refractivity (Wildman–Crippen MR) is 53.1 cm³/mol. The minimum absolute atomic E-state index is 0.361. The van der Waals surface area contributed by atoms with Crippen LogP contribution in [-0.4, -0.2) is 22.2 Å². The smallest absolute Gasteiger partial charge is 0.371 e. The maximum absolute atomic E-state index is 10.6. The summed E-state index contributed by atoms with van der Waals surface area (Å²) in [5, 5.41) is 17.4. The van der Waals surface area contributed by atoms with Crippen LogP contribution >= 0.6 is 0 Å². The van der Waals surface area contributed by atoms with Gasteiger partial charge in [0, 0.05) is 0 Å². The molecule has 0 fully saturated rings. The van der Waals surface area contributed by atoms with E-state index in [1.807, 2.05) is 0 Å². The Morgan fingerprint density at radius 2 is 1.33 bits per heavy atom. The van der Waals surface area contributed by atoms with E-state index in [1.165, 1.54) is 12.2 Å². The summed E-state index contributed by atoms with van der Waals surface area (Å²) in [5.74, 6) is -3.28. The molecule has 0 spiro atoms. The lowest BCUT2D eigenvalue weighted by Gasteiger charge is -2.06. The summed E-state index contributed by atoms with van der Waals surface area (Å²) in [7, 11) is 0. The predicted octanol–water partition coefficient (Wildman–Crippen LogP) is 1.76. The third-order valence-corrected chi connectivity index (χ3v) is 1.42. The second-order valence-electron chi connectivity index (χ2n) is 2.67. The number of hydrogen-bond acceptors (Lipinski definition) is 3. The number of hydrogen-bond donors (Lipinski definition) is 2. The Balaban J connectivity index is 4.78. The zero-order valence-electron chi connectivity index (χ0n) is 8.69. The minimum atomic E-state index is -1.28. The maximum atomic E-state index is 10.6. The first kappa shape index (κ1) is 13.2. The van der Waals surface area contributed by atoms with Crippen LogP contribution in [0.3, 0.4) is 0 Å². The lowest BCUT2D eigenvalue weighted by atomic mass is 10.3. The van der Waals surface area contributed by atoms with Gasteiger partial charge in [-0.25, -0.2) is 9.59 Å². The molecule has 0 amide bonds. The van der Waals surface area contributed by atoms with Crippen LogP contribution in [0.2, 0.25) is 0 Å². The average Bonchev–Trinajstić information content (AvgIpc) is 2.15. The highest BCUT2D eigenvalue weighted by Gasteiger charge is 2.15. The van der Waals surface area contributed by atoms with E-state index in [1.54, 1.807) is 13.8 Å². The number of aliphatic carboxylic acids is 2. The maximum Gasteiger partial charge on any atom is 0.371 e. The van der Waals surface area contributed by atoms with Crippen molar-refractivity contribution in [3.8, 4) is 0 Å². The Hall–Kier alpha value is -1.78. The van der Waals surface area contributed by atoms with Gasteiger partial charge in [-0.3, -0.25) is 0 Å². The van der Waals surface area contributed by atoms with Crippen molar-refractivity contribution in [3.05, 3.63) is 23.7 Å². The van der Waals surface area contributed by atoms with Gasteiger partial charge in [-0.2, -0.15) is 0 Å². The van der Waals surface area contributed by atoms with Gasteiger partial charge in [0.15, 0.2) is 0 Å². The second-order valence-corrected chi connectivity index (χ2v) is 2.67. The van der Waals surface area contributed by atoms with Gasteiger partial charge in [-0.15, -0.1) is 0 Å². The largest absolute Gasteiger partial charge is 0.475 e. The highest BCUT2D eigenvalue weighted by atomic mass is 16.5. The van der Waals surface area contributed by atoms with Crippen molar-refractivity contribution in [1.82, 2.24) is 0 Å². The third kappa shape index (κ3) is 4.85. The molecule has 0 bridgehead atoms. The summed E-state index contributed by atoms with van der Waals surface area (Å²) >= 11 is 0. The molecule has 0 aliphatic rings. The summed E-state index contributed by atoms with van der Waals surface area (Å²) in [6, 6.07) is 0. The van der Waals surface area contributed by atoms with Crippen LogP contribution < -0.4 is 0 Å². The number of rotatable bonds is 6. The van der Waals surface area contributed by atoms with Gasteiger partial charge in [0.05, 0.1) is 0 Å². The van der Waals surface area contributed by atoms with E-state index < -0.39 is 11.9 Å².